The van der Waals surface area contributed by atoms with Gasteiger partial charge in [0, 0.05) is 41.6 Å². The zero-order chi connectivity index (χ0) is 27.7. The van der Waals surface area contributed by atoms with Crippen molar-refractivity contribution < 1.29 is 9.53 Å². The van der Waals surface area contributed by atoms with E-state index in [9.17, 15) is 4.79 Å². The second kappa shape index (κ2) is 11.2. The van der Waals surface area contributed by atoms with Crippen molar-refractivity contribution in [3.05, 3.63) is 106 Å². The topological polar surface area (TPSA) is 71.4 Å². The van der Waals surface area contributed by atoms with Gasteiger partial charge in [-0.2, -0.15) is 0 Å². The number of methoxy groups -OCH3 is 1. The molecule has 3 heterocycles. The Labute approximate surface area is 238 Å². The summed E-state index contributed by atoms with van der Waals surface area (Å²) in [5.74, 6) is -0.275. The van der Waals surface area contributed by atoms with Gasteiger partial charge in [-0.05, 0) is 81.0 Å². The number of thiocarbonyl (C=S) groups is 1. The number of hydrogen-bond acceptors (Lipinski definition) is 4. The smallest absolute Gasteiger partial charge is 0.250 e. The van der Waals surface area contributed by atoms with Crippen molar-refractivity contribution in [2.24, 2.45) is 0 Å². The van der Waals surface area contributed by atoms with E-state index in [0.29, 0.717) is 15.8 Å². The van der Waals surface area contributed by atoms with Gasteiger partial charge in [0.1, 0.15) is 6.61 Å². The first-order valence-electron chi connectivity index (χ1n) is 12.6. The summed E-state index contributed by atoms with van der Waals surface area (Å²) in [5, 5.41) is 7.30. The number of ether oxygens (including phenoxy) is 1. The van der Waals surface area contributed by atoms with Gasteiger partial charge in [0.15, 0.2) is 5.11 Å². The zero-order valence-electron chi connectivity index (χ0n) is 22.2. The van der Waals surface area contributed by atoms with Gasteiger partial charge in [0.2, 0.25) is 5.91 Å². The zero-order valence-corrected chi connectivity index (χ0v) is 23.8. The molecule has 5 rings (SSSR count). The van der Waals surface area contributed by atoms with Gasteiger partial charge in [-0.15, -0.1) is 0 Å². The number of pyridine rings is 1. The second-order valence-corrected chi connectivity index (χ2v) is 10.3. The maximum absolute atomic E-state index is 12.1. The molecule has 1 saturated heterocycles. The number of nitrogens with one attached hydrogen (secondary N) is 2. The van der Waals surface area contributed by atoms with Crippen LogP contribution in [-0.4, -0.2) is 34.3 Å². The van der Waals surface area contributed by atoms with E-state index in [0.717, 1.165) is 22.8 Å². The summed E-state index contributed by atoms with van der Waals surface area (Å²) in [6.07, 6.45) is 1.80. The molecule has 9 heteroatoms. The first-order valence-corrected chi connectivity index (χ1v) is 13.4. The van der Waals surface area contributed by atoms with Gasteiger partial charge in [-0.25, -0.2) is 0 Å². The normalized spacial score (nSPS) is 16.8. The lowest BCUT2D eigenvalue weighted by Crippen LogP contribution is -2.30. The second-order valence-electron chi connectivity index (χ2n) is 9.52. The summed E-state index contributed by atoms with van der Waals surface area (Å²) in [7, 11) is 1.47. The number of carbonyl (C=O) groups excluding carboxylic acids is 1. The number of halogens is 1. The van der Waals surface area contributed by atoms with Crippen LogP contribution in [0.3, 0.4) is 0 Å². The minimum absolute atomic E-state index is 0.0532. The number of benzene rings is 2. The third-order valence-electron chi connectivity index (χ3n) is 7.20. The molecule has 1 aliphatic rings. The van der Waals surface area contributed by atoms with E-state index in [2.05, 4.69) is 58.0 Å². The van der Waals surface area contributed by atoms with Crippen molar-refractivity contribution in [1.82, 2.24) is 14.9 Å². The Bertz CT molecular complexity index is 1520. The van der Waals surface area contributed by atoms with E-state index >= 15 is 0 Å². The molecule has 0 saturated carbocycles. The van der Waals surface area contributed by atoms with Gasteiger partial charge in [-0.1, -0.05) is 35.9 Å². The van der Waals surface area contributed by atoms with Crippen LogP contribution in [0.25, 0.3) is 5.69 Å². The van der Waals surface area contributed by atoms with Crippen molar-refractivity contribution in [3.63, 3.8) is 0 Å². The van der Waals surface area contributed by atoms with Crippen LogP contribution >= 0.6 is 23.8 Å². The Balaban J connectivity index is 1.64. The first-order chi connectivity index (χ1) is 18.8. The fraction of sp³-hybridized carbons (Fsp3) is 0.233. The van der Waals surface area contributed by atoms with Gasteiger partial charge >= 0.3 is 0 Å². The molecule has 0 bridgehead atoms. The number of aromatic nitrogens is 2. The van der Waals surface area contributed by atoms with Crippen molar-refractivity contribution >= 4 is 46.2 Å². The summed E-state index contributed by atoms with van der Waals surface area (Å²) < 4.78 is 7.21. The molecule has 2 N–H and O–H groups in total. The van der Waals surface area contributed by atoms with Crippen LogP contribution in [0.2, 0.25) is 5.02 Å². The van der Waals surface area contributed by atoms with Gasteiger partial charge in [-0.3, -0.25) is 9.78 Å². The summed E-state index contributed by atoms with van der Waals surface area (Å²) >= 11 is 12.6. The predicted octanol–water partition coefficient (Wildman–Crippen LogP) is 6.21. The van der Waals surface area contributed by atoms with Crippen molar-refractivity contribution in [3.8, 4) is 5.69 Å². The van der Waals surface area contributed by atoms with Gasteiger partial charge in [0.05, 0.1) is 28.5 Å². The summed E-state index contributed by atoms with van der Waals surface area (Å²) in [4.78, 5) is 18.9. The summed E-state index contributed by atoms with van der Waals surface area (Å²) in [6.45, 7) is 6.41. The van der Waals surface area contributed by atoms with E-state index in [1.807, 2.05) is 48.5 Å². The van der Waals surface area contributed by atoms with Crippen LogP contribution in [-0.2, 0) is 9.53 Å². The number of carbonyl (C=O) groups is 1. The molecule has 0 aliphatic carbocycles. The van der Waals surface area contributed by atoms with Crippen LogP contribution in [0.1, 0.15) is 40.3 Å². The maximum Gasteiger partial charge on any atom is 0.250 e. The largest absolute Gasteiger partial charge is 0.375 e. The molecular weight excluding hydrogens is 530 g/mol. The van der Waals surface area contributed by atoms with Crippen LogP contribution in [0.4, 0.5) is 11.4 Å². The van der Waals surface area contributed by atoms with Crippen LogP contribution in [0, 0.1) is 20.8 Å². The van der Waals surface area contributed by atoms with Crippen LogP contribution in [0.15, 0.2) is 72.9 Å². The van der Waals surface area contributed by atoms with E-state index in [1.165, 1.54) is 23.9 Å². The van der Waals surface area contributed by atoms with Gasteiger partial charge < -0.3 is 24.8 Å². The van der Waals surface area contributed by atoms with E-state index in [4.69, 9.17) is 28.6 Å². The molecule has 7 nitrogen and oxygen atoms in total. The van der Waals surface area contributed by atoms with E-state index < -0.39 is 0 Å². The van der Waals surface area contributed by atoms with Crippen molar-refractivity contribution in [2.75, 3.05) is 23.9 Å². The molecule has 39 heavy (non-hydrogen) atoms. The molecular formula is C30H30ClN5O2S. The molecule has 0 radical (unpaired) electrons. The highest BCUT2D eigenvalue weighted by Crippen LogP contribution is 2.46. The molecule has 4 aromatic rings. The molecule has 1 aliphatic heterocycles. The molecule has 2 aromatic heterocycles. The molecule has 0 unspecified atom stereocenters. The molecule has 2 atom stereocenters. The number of rotatable bonds is 7. The van der Waals surface area contributed by atoms with Crippen LogP contribution < -0.4 is 15.5 Å². The number of amides is 1. The lowest BCUT2D eigenvalue weighted by Gasteiger charge is -2.29. The Hall–Kier alpha value is -3.72. The number of hydrogen-bond donors (Lipinski definition) is 2. The highest BCUT2D eigenvalue weighted by atomic mass is 35.5. The number of nitrogens with zero attached hydrogens (tertiary/aromatic N) is 3. The average molecular weight is 560 g/mol. The minimum Gasteiger partial charge on any atom is -0.375 e. The lowest BCUT2D eigenvalue weighted by molar-refractivity contribution is -0.119. The quantitative estimate of drug-likeness (QED) is 0.262. The first kappa shape index (κ1) is 26.9. The highest BCUT2D eigenvalue weighted by molar-refractivity contribution is 7.80. The minimum atomic E-state index is -0.275. The Morgan fingerprint density at radius 3 is 2.46 bits per heavy atom. The lowest BCUT2D eigenvalue weighted by atomic mass is 9.93. The third kappa shape index (κ3) is 5.03. The third-order valence-corrected chi connectivity index (χ3v) is 7.82. The van der Waals surface area contributed by atoms with Crippen LogP contribution in [0.5, 0.6) is 0 Å². The Kier molecular flexibility index (Phi) is 7.70. The highest BCUT2D eigenvalue weighted by Gasteiger charge is 2.43. The Morgan fingerprint density at radius 1 is 1.05 bits per heavy atom. The fourth-order valence-corrected chi connectivity index (χ4v) is 5.97. The Morgan fingerprint density at radius 2 is 1.79 bits per heavy atom. The predicted molar refractivity (Wildman–Crippen MR) is 160 cm³/mol. The summed E-state index contributed by atoms with van der Waals surface area (Å²) in [6, 6.07) is 21.4. The SMILES string of the molecule is COCC(=O)Nc1ccc(N2C(=S)N[C@@H](c3ccccn3)[C@H]2c2c(C)c(C)n(-c3ccccc3)c2C)cc1Cl. The molecule has 2 aromatic carbocycles. The number of anilines is 2. The maximum atomic E-state index is 12.1. The van der Waals surface area contributed by atoms with Crippen molar-refractivity contribution in [2.45, 2.75) is 32.9 Å². The monoisotopic (exact) mass is 559 g/mol. The number of para-hydroxylation sites is 1. The van der Waals surface area contributed by atoms with Crippen molar-refractivity contribution in [1.29, 1.82) is 0 Å². The standard InChI is InChI=1S/C30H30ClN5O2S/c1-18-19(2)35(21-10-6-5-7-11-21)20(3)27(18)29-28(25-12-8-9-15-32-25)34-30(39)36(29)22-13-14-24(23(31)16-22)33-26(37)17-38-4/h5-16,28-29H,17H2,1-4H3,(H,33,37)(H,34,39)/t28-,29+/m0/s1. The average Bonchev–Trinajstić information content (AvgIpc) is 3.38. The van der Waals surface area contributed by atoms with Gasteiger partial charge in [0.25, 0.3) is 0 Å². The molecule has 1 fully saturated rings. The molecule has 1 amide bonds. The van der Waals surface area contributed by atoms with E-state index in [-0.39, 0.29) is 24.6 Å². The summed E-state index contributed by atoms with van der Waals surface area (Å²) in [5.41, 5.74) is 7.99. The fourth-order valence-electron chi connectivity index (χ4n) is 5.40. The van der Waals surface area contributed by atoms with E-state index in [1.54, 1.807) is 12.3 Å². The molecule has 0 spiro atoms. The molecule has 200 valence electrons.